The highest BCUT2D eigenvalue weighted by molar-refractivity contribution is 5.94. The molecule has 0 saturated carbocycles. The Morgan fingerprint density at radius 3 is 2.50 bits per heavy atom. The third-order valence-corrected chi connectivity index (χ3v) is 5.37. The topological polar surface area (TPSA) is 57.7 Å². The normalized spacial score (nSPS) is 19.9. The second-order valence-electron chi connectivity index (χ2n) is 7.15. The van der Waals surface area contributed by atoms with Crippen LogP contribution in [0.25, 0.3) is 0 Å². The van der Waals surface area contributed by atoms with E-state index in [-0.39, 0.29) is 18.3 Å². The molecule has 1 N–H and O–H groups in total. The van der Waals surface area contributed by atoms with Crippen LogP contribution in [0, 0.1) is 0 Å². The molecule has 2 aromatic rings. The van der Waals surface area contributed by atoms with Crippen LogP contribution in [0.1, 0.15) is 22.3 Å². The van der Waals surface area contributed by atoms with Crippen LogP contribution >= 0.6 is 12.4 Å². The molecule has 1 unspecified atom stereocenters. The first-order valence-corrected chi connectivity index (χ1v) is 9.65. The van der Waals surface area contributed by atoms with Crippen molar-refractivity contribution in [3.05, 3.63) is 59.9 Å². The molecule has 6 nitrogen and oxygen atoms in total. The van der Waals surface area contributed by atoms with Gasteiger partial charge < -0.3 is 15.0 Å². The standard InChI is InChI=1S/C21H26N4O2.ClH/c26-21(25-12-7-19(15-25)24-13-10-23-11-14-24)18-1-3-20(4-2-18)27-16-17-5-8-22-9-6-17;/h1-6,8-9,19,23H,7,10-16H2;1H. The average molecular weight is 403 g/mol. The van der Waals surface area contributed by atoms with Crippen LogP contribution in [0.15, 0.2) is 48.8 Å². The van der Waals surface area contributed by atoms with E-state index in [1.807, 2.05) is 41.3 Å². The lowest BCUT2D eigenvalue weighted by atomic mass is 10.2. The molecule has 0 radical (unpaired) electrons. The van der Waals surface area contributed by atoms with E-state index in [0.717, 1.165) is 62.6 Å². The van der Waals surface area contributed by atoms with Crippen molar-refractivity contribution in [3.8, 4) is 5.75 Å². The molecule has 4 rings (SSSR count). The van der Waals surface area contributed by atoms with E-state index in [1.54, 1.807) is 12.4 Å². The fourth-order valence-corrected chi connectivity index (χ4v) is 3.79. The number of hydrogen-bond donors (Lipinski definition) is 1. The Hall–Kier alpha value is -2.15. The van der Waals surface area contributed by atoms with E-state index in [2.05, 4.69) is 15.2 Å². The summed E-state index contributed by atoms with van der Waals surface area (Å²) in [5, 5.41) is 3.39. The van der Waals surface area contributed by atoms with E-state index in [1.165, 1.54) is 0 Å². The van der Waals surface area contributed by atoms with Crippen molar-refractivity contribution < 1.29 is 9.53 Å². The Morgan fingerprint density at radius 2 is 1.79 bits per heavy atom. The number of amides is 1. The summed E-state index contributed by atoms with van der Waals surface area (Å²) in [4.78, 5) is 21.3. The predicted octanol–water partition coefficient (Wildman–Crippen LogP) is 2.20. The lowest BCUT2D eigenvalue weighted by molar-refractivity contribution is 0.0773. The molecule has 2 aliphatic rings. The van der Waals surface area contributed by atoms with Crippen molar-refractivity contribution >= 4 is 18.3 Å². The van der Waals surface area contributed by atoms with E-state index < -0.39 is 0 Å². The Labute approximate surface area is 172 Å². The van der Waals surface area contributed by atoms with Crippen molar-refractivity contribution in [1.29, 1.82) is 0 Å². The Morgan fingerprint density at radius 1 is 1.07 bits per heavy atom. The molecule has 7 heteroatoms. The minimum absolute atomic E-state index is 0. The summed E-state index contributed by atoms with van der Waals surface area (Å²) in [6.45, 7) is 6.42. The monoisotopic (exact) mass is 402 g/mol. The van der Waals surface area contributed by atoms with Crippen LogP contribution in [-0.2, 0) is 6.61 Å². The van der Waals surface area contributed by atoms with Crippen LogP contribution in [0.2, 0.25) is 0 Å². The third-order valence-electron chi connectivity index (χ3n) is 5.37. The number of nitrogens with one attached hydrogen (secondary N) is 1. The summed E-state index contributed by atoms with van der Waals surface area (Å²) in [5.74, 6) is 0.886. The van der Waals surface area contributed by atoms with Gasteiger partial charge in [0, 0.05) is 63.3 Å². The predicted molar refractivity (Wildman–Crippen MR) is 111 cm³/mol. The molecule has 1 atom stereocenters. The maximum atomic E-state index is 12.8. The zero-order valence-electron chi connectivity index (χ0n) is 15.9. The number of benzene rings is 1. The first kappa shape index (κ1) is 20.6. The number of halogens is 1. The van der Waals surface area contributed by atoms with Crippen LogP contribution in [-0.4, -0.2) is 66.0 Å². The molecule has 0 bridgehead atoms. The zero-order chi connectivity index (χ0) is 18.5. The molecule has 2 saturated heterocycles. The van der Waals surface area contributed by atoms with E-state index in [0.29, 0.717) is 12.6 Å². The molecule has 1 amide bonds. The van der Waals surface area contributed by atoms with Gasteiger partial charge in [-0.2, -0.15) is 0 Å². The molecule has 3 heterocycles. The number of hydrogen-bond acceptors (Lipinski definition) is 5. The Balaban J connectivity index is 0.00000225. The number of ether oxygens (including phenoxy) is 1. The number of nitrogens with zero attached hydrogens (tertiary/aromatic N) is 3. The Bertz CT molecular complexity index is 751. The van der Waals surface area contributed by atoms with Crippen molar-refractivity contribution in [1.82, 2.24) is 20.1 Å². The van der Waals surface area contributed by atoms with Gasteiger partial charge in [-0.3, -0.25) is 14.7 Å². The van der Waals surface area contributed by atoms with Gasteiger partial charge in [0.15, 0.2) is 0 Å². The van der Waals surface area contributed by atoms with Gasteiger partial charge in [0.2, 0.25) is 0 Å². The Kier molecular flexibility index (Phi) is 7.25. The van der Waals surface area contributed by atoms with Crippen LogP contribution in [0.5, 0.6) is 5.75 Å². The summed E-state index contributed by atoms with van der Waals surface area (Å²) in [7, 11) is 0. The van der Waals surface area contributed by atoms with Gasteiger partial charge in [0.1, 0.15) is 12.4 Å². The van der Waals surface area contributed by atoms with E-state index >= 15 is 0 Å². The second-order valence-corrected chi connectivity index (χ2v) is 7.15. The summed E-state index contributed by atoms with van der Waals surface area (Å²) >= 11 is 0. The highest BCUT2D eigenvalue weighted by Crippen LogP contribution is 2.20. The lowest BCUT2D eigenvalue weighted by Gasteiger charge is -2.32. The van der Waals surface area contributed by atoms with Crippen molar-refractivity contribution in [3.63, 3.8) is 0 Å². The summed E-state index contributed by atoms with van der Waals surface area (Å²) in [6.07, 6.45) is 4.58. The zero-order valence-corrected chi connectivity index (χ0v) is 16.7. The number of pyridine rings is 1. The van der Waals surface area contributed by atoms with Gasteiger partial charge in [0.25, 0.3) is 5.91 Å². The molecule has 28 heavy (non-hydrogen) atoms. The van der Waals surface area contributed by atoms with Crippen LogP contribution in [0.3, 0.4) is 0 Å². The number of rotatable bonds is 5. The summed E-state index contributed by atoms with van der Waals surface area (Å²) < 4.78 is 5.78. The van der Waals surface area contributed by atoms with Crippen LogP contribution < -0.4 is 10.1 Å². The van der Waals surface area contributed by atoms with Gasteiger partial charge in [-0.15, -0.1) is 12.4 Å². The highest BCUT2D eigenvalue weighted by Gasteiger charge is 2.31. The molecule has 150 valence electrons. The lowest BCUT2D eigenvalue weighted by Crippen LogP contribution is -2.49. The first-order valence-electron chi connectivity index (χ1n) is 9.65. The molecule has 0 aliphatic carbocycles. The second kappa shape index (κ2) is 9.87. The first-order chi connectivity index (χ1) is 13.3. The molecule has 2 fully saturated rings. The van der Waals surface area contributed by atoms with Gasteiger partial charge >= 0.3 is 0 Å². The van der Waals surface area contributed by atoms with Crippen LogP contribution in [0.4, 0.5) is 0 Å². The summed E-state index contributed by atoms with van der Waals surface area (Å²) in [5.41, 5.74) is 1.80. The maximum Gasteiger partial charge on any atom is 0.253 e. The van der Waals surface area contributed by atoms with Crippen molar-refractivity contribution in [2.24, 2.45) is 0 Å². The molecular formula is C21H27ClN4O2. The van der Waals surface area contributed by atoms with Gasteiger partial charge in [-0.05, 0) is 48.4 Å². The minimum atomic E-state index is 0. The molecule has 1 aromatic carbocycles. The fraction of sp³-hybridized carbons (Fsp3) is 0.429. The highest BCUT2D eigenvalue weighted by atomic mass is 35.5. The smallest absolute Gasteiger partial charge is 0.253 e. The fourth-order valence-electron chi connectivity index (χ4n) is 3.79. The van der Waals surface area contributed by atoms with E-state index in [4.69, 9.17) is 4.74 Å². The van der Waals surface area contributed by atoms with Gasteiger partial charge in [0.05, 0.1) is 0 Å². The SMILES string of the molecule is Cl.O=C(c1ccc(OCc2ccncc2)cc1)N1CCC(N2CCNCC2)C1. The van der Waals surface area contributed by atoms with Crippen molar-refractivity contribution in [2.75, 3.05) is 39.3 Å². The molecule has 1 aromatic heterocycles. The quantitative estimate of drug-likeness (QED) is 0.830. The molecule has 2 aliphatic heterocycles. The van der Waals surface area contributed by atoms with Gasteiger partial charge in [-0.25, -0.2) is 0 Å². The number of carbonyl (C=O) groups is 1. The largest absolute Gasteiger partial charge is 0.489 e. The number of carbonyl (C=O) groups excluding carboxylic acids is 1. The molecule has 0 spiro atoms. The molecular weight excluding hydrogens is 376 g/mol. The number of likely N-dealkylation sites (tertiary alicyclic amines) is 1. The number of piperazine rings is 1. The minimum Gasteiger partial charge on any atom is -0.489 e. The summed E-state index contributed by atoms with van der Waals surface area (Å²) in [6, 6.07) is 11.8. The average Bonchev–Trinajstić information content (AvgIpc) is 3.24. The maximum absolute atomic E-state index is 12.8. The van der Waals surface area contributed by atoms with Crippen molar-refractivity contribution in [2.45, 2.75) is 19.1 Å². The third kappa shape index (κ3) is 5.01. The van der Waals surface area contributed by atoms with Gasteiger partial charge in [-0.1, -0.05) is 0 Å². The van der Waals surface area contributed by atoms with E-state index in [9.17, 15) is 4.79 Å². The number of aromatic nitrogens is 1.